The fourth-order valence-electron chi connectivity index (χ4n) is 5.22. The maximum Gasteiger partial charge on any atom is 0.229 e. The molecule has 0 saturated carbocycles. The molecule has 15 heteroatoms. The standard InChI is InChI=1S/C28H32O15/c1-39-14-7-15-18(22(34)19(14)27-25(37)23(35)20(32)16(8-29)42-27)12(31)6-13(41-15)10-2-4-11(5-3-10)40-28-26(38)24(36)21(33)17(9-30)43-28/h2-7,16-17,20-21,23-30,32-38H,8-9H2,1H3/t16-,17+,20-,21+,23+,24-,25-,26+,27?,28?/m1/s1. The zero-order valence-corrected chi connectivity index (χ0v) is 22.6. The van der Waals surface area contributed by atoms with Crippen LogP contribution in [-0.4, -0.2) is 121 Å². The van der Waals surface area contributed by atoms with E-state index in [1.807, 2.05) is 0 Å². The maximum atomic E-state index is 13.2. The van der Waals surface area contributed by atoms with Gasteiger partial charge in [-0.3, -0.25) is 4.79 Å². The molecule has 234 valence electrons. The molecule has 5 rings (SSSR count). The van der Waals surface area contributed by atoms with Crippen LogP contribution < -0.4 is 14.9 Å². The summed E-state index contributed by atoms with van der Waals surface area (Å²) in [5, 5.41) is 90.8. The monoisotopic (exact) mass is 608 g/mol. The quantitative estimate of drug-likeness (QED) is 0.139. The van der Waals surface area contributed by atoms with Gasteiger partial charge in [0.25, 0.3) is 0 Å². The number of aliphatic hydroxyl groups is 8. The van der Waals surface area contributed by atoms with Crippen LogP contribution in [0.5, 0.6) is 17.2 Å². The van der Waals surface area contributed by atoms with Crippen LogP contribution in [0.2, 0.25) is 0 Å². The van der Waals surface area contributed by atoms with Gasteiger partial charge < -0.3 is 69.3 Å². The lowest BCUT2D eigenvalue weighted by atomic mass is 9.89. The van der Waals surface area contributed by atoms with Crippen molar-refractivity contribution in [3.05, 3.63) is 52.2 Å². The summed E-state index contributed by atoms with van der Waals surface area (Å²) in [6.45, 7) is -1.31. The van der Waals surface area contributed by atoms with Crippen molar-refractivity contribution < 1.29 is 69.3 Å². The van der Waals surface area contributed by atoms with Crippen LogP contribution in [0.4, 0.5) is 0 Å². The highest BCUT2D eigenvalue weighted by molar-refractivity contribution is 5.88. The minimum atomic E-state index is -1.75. The summed E-state index contributed by atoms with van der Waals surface area (Å²) in [6.07, 6.45) is -15.2. The van der Waals surface area contributed by atoms with E-state index in [0.29, 0.717) is 5.56 Å². The lowest BCUT2D eigenvalue weighted by molar-refractivity contribution is -0.277. The third kappa shape index (κ3) is 5.56. The van der Waals surface area contributed by atoms with Gasteiger partial charge in [0.1, 0.15) is 88.9 Å². The first-order valence-corrected chi connectivity index (χ1v) is 13.3. The number of benzene rings is 2. The van der Waals surface area contributed by atoms with Gasteiger partial charge in [-0.15, -0.1) is 0 Å². The minimum Gasteiger partial charge on any atom is -0.506 e. The molecule has 9 N–H and O–H groups in total. The molecule has 1 aromatic heterocycles. The number of hydrogen-bond acceptors (Lipinski definition) is 15. The number of aliphatic hydroxyl groups excluding tert-OH is 8. The second kappa shape index (κ2) is 12.3. The molecule has 2 saturated heterocycles. The van der Waals surface area contributed by atoms with Crippen LogP contribution >= 0.6 is 0 Å². The van der Waals surface area contributed by atoms with Gasteiger partial charge in [0.05, 0.1) is 25.9 Å². The minimum absolute atomic E-state index is 0.0714. The molecule has 0 spiro atoms. The number of methoxy groups -OCH3 is 1. The van der Waals surface area contributed by atoms with E-state index in [-0.39, 0.29) is 33.8 Å². The van der Waals surface area contributed by atoms with E-state index in [0.717, 1.165) is 6.07 Å². The smallest absolute Gasteiger partial charge is 0.229 e. The highest BCUT2D eigenvalue weighted by atomic mass is 16.7. The summed E-state index contributed by atoms with van der Waals surface area (Å²) in [5.41, 5.74) is -0.561. The molecule has 2 aliphatic rings. The number of fused-ring (bicyclic) bond motifs is 1. The molecule has 2 aliphatic heterocycles. The Morgan fingerprint density at radius 2 is 1.40 bits per heavy atom. The molecule has 15 nitrogen and oxygen atoms in total. The average Bonchev–Trinajstić information content (AvgIpc) is 3.00. The molecule has 3 heterocycles. The van der Waals surface area contributed by atoms with Crippen LogP contribution in [0, 0.1) is 0 Å². The predicted molar refractivity (Wildman–Crippen MR) is 143 cm³/mol. The highest BCUT2D eigenvalue weighted by Gasteiger charge is 2.47. The fourth-order valence-corrected chi connectivity index (χ4v) is 5.22. The number of aromatic hydroxyl groups is 1. The number of rotatable bonds is 7. The van der Waals surface area contributed by atoms with Gasteiger partial charge in [0.15, 0.2) is 5.43 Å². The van der Waals surface area contributed by atoms with E-state index in [9.17, 15) is 50.8 Å². The molecular formula is C28H32O15. The summed E-state index contributed by atoms with van der Waals surface area (Å²) < 4.78 is 27.7. The first-order chi connectivity index (χ1) is 20.5. The molecule has 43 heavy (non-hydrogen) atoms. The van der Waals surface area contributed by atoms with Crippen molar-refractivity contribution in [2.75, 3.05) is 20.3 Å². The van der Waals surface area contributed by atoms with Gasteiger partial charge >= 0.3 is 0 Å². The van der Waals surface area contributed by atoms with Gasteiger partial charge in [-0.05, 0) is 24.3 Å². The second-order valence-electron chi connectivity index (χ2n) is 10.3. The lowest BCUT2D eigenvalue weighted by Gasteiger charge is -2.40. The number of ether oxygens (including phenoxy) is 4. The fraction of sp³-hybridized carbons (Fsp3) is 0.464. The number of phenols is 1. The van der Waals surface area contributed by atoms with E-state index >= 15 is 0 Å². The van der Waals surface area contributed by atoms with Crippen LogP contribution in [-0.2, 0) is 9.47 Å². The molecule has 0 amide bonds. The normalized spacial score (nSPS) is 33.0. The zero-order valence-electron chi connectivity index (χ0n) is 22.6. The topological polar surface area (TPSA) is 249 Å². The Morgan fingerprint density at radius 3 is 2.00 bits per heavy atom. The van der Waals surface area contributed by atoms with Crippen molar-refractivity contribution in [1.29, 1.82) is 0 Å². The van der Waals surface area contributed by atoms with Gasteiger partial charge in [0, 0.05) is 17.7 Å². The molecule has 10 atom stereocenters. The Kier molecular flexibility index (Phi) is 8.92. The van der Waals surface area contributed by atoms with Crippen LogP contribution in [0.3, 0.4) is 0 Å². The van der Waals surface area contributed by atoms with E-state index in [1.165, 1.54) is 37.4 Å². The van der Waals surface area contributed by atoms with Crippen molar-refractivity contribution in [2.45, 2.75) is 61.2 Å². The van der Waals surface area contributed by atoms with Crippen LogP contribution in [0.15, 0.2) is 45.6 Å². The number of hydrogen-bond donors (Lipinski definition) is 9. The van der Waals surface area contributed by atoms with E-state index in [2.05, 4.69) is 0 Å². The Hall–Kier alpha value is -3.35. The summed E-state index contributed by atoms with van der Waals surface area (Å²) >= 11 is 0. The third-order valence-electron chi connectivity index (χ3n) is 7.63. The van der Waals surface area contributed by atoms with E-state index in [1.54, 1.807) is 0 Å². The Labute approximate surface area is 242 Å². The number of phenolic OH excluding ortho intramolecular Hbond substituents is 1. The summed E-state index contributed by atoms with van der Waals surface area (Å²) in [7, 11) is 1.25. The van der Waals surface area contributed by atoms with Gasteiger partial charge in [0.2, 0.25) is 6.29 Å². The van der Waals surface area contributed by atoms with Crippen molar-refractivity contribution in [2.24, 2.45) is 0 Å². The van der Waals surface area contributed by atoms with Crippen LogP contribution in [0.1, 0.15) is 11.7 Å². The molecule has 3 aromatic rings. The van der Waals surface area contributed by atoms with Crippen molar-refractivity contribution in [3.8, 4) is 28.6 Å². The molecule has 2 unspecified atom stereocenters. The highest BCUT2D eigenvalue weighted by Crippen LogP contribution is 2.45. The van der Waals surface area contributed by atoms with Crippen molar-refractivity contribution >= 4 is 11.0 Å². The summed E-state index contributed by atoms with van der Waals surface area (Å²) in [5.74, 6) is -0.459. The Bertz CT molecular complexity index is 1490. The van der Waals surface area contributed by atoms with Crippen molar-refractivity contribution in [1.82, 2.24) is 0 Å². The van der Waals surface area contributed by atoms with E-state index in [4.69, 9.17) is 23.4 Å². The summed E-state index contributed by atoms with van der Waals surface area (Å²) in [4.78, 5) is 13.2. The van der Waals surface area contributed by atoms with Crippen LogP contribution in [0.25, 0.3) is 22.3 Å². The third-order valence-corrected chi connectivity index (χ3v) is 7.63. The Morgan fingerprint density at radius 1 is 0.791 bits per heavy atom. The summed E-state index contributed by atoms with van der Waals surface area (Å²) in [6, 6.07) is 8.35. The first kappa shape index (κ1) is 31.1. The van der Waals surface area contributed by atoms with E-state index < -0.39 is 85.6 Å². The largest absolute Gasteiger partial charge is 0.506 e. The predicted octanol–water partition coefficient (Wildman–Crippen LogP) is -2.13. The Balaban J connectivity index is 1.45. The SMILES string of the molecule is COc1cc2oc(-c3ccc(OC4O[C@@H](CO)[C@H](O)[C@@H](O)[C@@H]4O)cc3)cc(=O)c2c(O)c1C1O[C@H](CO)[C@@H](O)[C@H](O)[C@H]1O. The first-order valence-electron chi connectivity index (χ1n) is 13.3. The molecule has 2 fully saturated rings. The molecule has 0 bridgehead atoms. The van der Waals surface area contributed by atoms with Gasteiger partial charge in [-0.25, -0.2) is 0 Å². The second-order valence-corrected chi connectivity index (χ2v) is 10.3. The van der Waals surface area contributed by atoms with Gasteiger partial charge in [-0.1, -0.05) is 0 Å². The maximum absolute atomic E-state index is 13.2. The molecule has 0 radical (unpaired) electrons. The lowest BCUT2D eigenvalue weighted by Crippen LogP contribution is -2.60. The zero-order chi connectivity index (χ0) is 31.2. The molecule has 0 aliphatic carbocycles. The van der Waals surface area contributed by atoms with Gasteiger partial charge in [-0.2, -0.15) is 0 Å². The van der Waals surface area contributed by atoms with Crippen molar-refractivity contribution in [3.63, 3.8) is 0 Å². The molecular weight excluding hydrogens is 576 g/mol. The average molecular weight is 609 g/mol. The molecule has 2 aromatic carbocycles.